The Kier molecular flexibility index (Phi) is 4.85. The van der Waals surface area contributed by atoms with Crippen molar-refractivity contribution >= 4 is 23.1 Å². The number of rotatable bonds is 6. The minimum atomic E-state index is 0.661. The van der Waals surface area contributed by atoms with Crippen LogP contribution in [0.3, 0.4) is 0 Å². The van der Waals surface area contributed by atoms with Gasteiger partial charge in [0.15, 0.2) is 0 Å². The van der Waals surface area contributed by atoms with Gasteiger partial charge in [-0.3, -0.25) is 0 Å². The Balaban J connectivity index is 1.66. The van der Waals surface area contributed by atoms with Crippen LogP contribution in [0, 0.1) is 0 Å². The lowest BCUT2D eigenvalue weighted by Gasteiger charge is -2.08. The predicted octanol–water partition coefficient (Wildman–Crippen LogP) is 3.65. The Hall–Kier alpha value is -1.74. The van der Waals surface area contributed by atoms with Crippen LogP contribution in [0.4, 0.5) is 11.5 Å². The number of hydrogen-bond acceptors (Lipinski definition) is 3. The van der Waals surface area contributed by atoms with Crippen molar-refractivity contribution in [3.8, 4) is 0 Å². The van der Waals surface area contributed by atoms with E-state index in [4.69, 9.17) is 11.6 Å². The molecule has 3 nitrogen and oxygen atoms in total. The van der Waals surface area contributed by atoms with Crippen molar-refractivity contribution in [1.82, 2.24) is 4.98 Å². The molecule has 1 aromatic heterocycles. The highest BCUT2D eigenvalue weighted by Crippen LogP contribution is 2.16. The fourth-order valence-electron chi connectivity index (χ4n) is 1.60. The van der Waals surface area contributed by atoms with Crippen molar-refractivity contribution in [2.24, 2.45) is 0 Å². The van der Waals surface area contributed by atoms with Gasteiger partial charge in [0.2, 0.25) is 0 Å². The minimum absolute atomic E-state index is 0.661. The molecule has 0 saturated heterocycles. The summed E-state index contributed by atoms with van der Waals surface area (Å²) in [7, 11) is 0. The van der Waals surface area contributed by atoms with E-state index in [1.165, 1.54) is 0 Å². The highest BCUT2D eigenvalue weighted by Gasteiger charge is 1.98. The molecular formula is C14H16ClN3. The summed E-state index contributed by atoms with van der Waals surface area (Å²) < 4.78 is 0. The van der Waals surface area contributed by atoms with Gasteiger partial charge in [-0.05, 0) is 30.7 Å². The molecular weight excluding hydrogens is 246 g/mol. The molecule has 94 valence electrons. The second kappa shape index (κ2) is 6.87. The van der Waals surface area contributed by atoms with Crippen molar-refractivity contribution in [2.45, 2.75) is 6.42 Å². The highest BCUT2D eigenvalue weighted by molar-refractivity contribution is 6.32. The molecule has 2 rings (SSSR count). The number of anilines is 2. The standard InChI is InChI=1S/C14H16ClN3/c15-13-8-4-9-17-14(13)18-11-5-10-16-12-6-2-1-3-7-12/h1-4,6-9,16H,5,10-11H2,(H,17,18). The Bertz CT molecular complexity index is 473. The van der Waals surface area contributed by atoms with Crippen molar-refractivity contribution in [2.75, 3.05) is 23.7 Å². The van der Waals surface area contributed by atoms with E-state index in [1.54, 1.807) is 6.20 Å². The Morgan fingerprint density at radius 2 is 1.72 bits per heavy atom. The number of nitrogens with zero attached hydrogens (tertiary/aromatic N) is 1. The van der Waals surface area contributed by atoms with Crippen molar-refractivity contribution in [1.29, 1.82) is 0 Å². The third-order valence-electron chi connectivity index (χ3n) is 2.51. The summed E-state index contributed by atoms with van der Waals surface area (Å²) in [6.45, 7) is 1.76. The first kappa shape index (κ1) is 12.7. The maximum Gasteiger partial charge on any atom is 0.144 e. The molecule has 0 fully saturated rings. The zero-order valence-corrected chi connectivity index (χ0v) is 10.8. The molecule has 0 bridgehead atoms. The quantitative estimate of drug-likeness (QED) is 0.780. The number of aromatic nitrogens is 1. The second-order valence-corrected chi connectivity index (χ2v) is 4.31. The molecule has 0 spiro atoms. The molecule has 1 aromatic carbocycles. The summed E-state index contributed by atoms with van der Waals surface area (Å²) in [6.07, 6.45) is 2.73. The monoisotopic (exact) mass is 261 g/mol. The number of pyridine rings is 1. The Morgan fingerprint density at radius 1 is 0.944 bits per heavy atom. The van der Waals surface area contributed by atoms with Gasteiger partial charge in [0.1, 0.15) is 5.82 Å². The molecule has 0 atom stereocenters. The van der Waals surface area contributed by atoms with Gasteiger partial charge in [0, 0.05) is 25.0 Å². The van der Waals surface area contributed by atoms with Gasteiger partial charge in [0.05, 0.1) is 5.02 Å². The van der Waals surface area contributed by atoms with Crippen LogP contribution >= 0.6 is 11.6 Å². The first-order chi connectivity index (χ1) is 8.86. The molecule has 1 heterocycles. The van der Waals surface area contributed by atoms with E-state index in [1.807, 2.05) is 30.3 Å². The van der Waals surface area contributed by atoms with Crippen molar-refractivity contribution in [3.05, 3.63) is 53.7 Å². The van der Waals surface area contributed by atoms with Crippen molar-refractivity contribution in [3.63, 3.8) is 0 Å². The predicted molar refractivity (Wildman–Crippen MR) is 77.3 cm³/mol. The van der Waals surface area contributed by atoms with Gasteiger partial charge in [-0.25, -0.2) is 4.98 Å². The normalized spacial score (nSPS) is 10.1. The van der Waals surface area contributed by atoms with Gasteiger partial charge in [-0.15, -0.1) is 0 Å². The van der Waals surface area contributed by atoms with Gasteiger partial charge >= 0.3 is 0 Å². The summed E-state index contributed by atoms with van der Waals surface area (Å²) >= 11 is 5.99. The summed E-state index contributed by atoms with van der Waals surface area (Å²) in [4.78, 5) is 4.17. The van der Waals surface area contributed by atoms with E-state index in [-0.39, 0.29) is 0 Å². The molecule has 0 aliphatic heterocycles. The third-order valence-corrected chi connectivity index (χ3v) is 2.81. The number of halogens is 1. The number of para-hydroxylation sites is 1. The van der Waals surface area contributed by atoms with Crippen LogP contribution in [0.2, 0.25) is 5.02 Å². The fourth-order valence-corrected chi connectivity index (χ4v) is 1.79. The fraction of sp³-hybridized carbons (Fsp3) is 0.214. The van der Waals surface area contributed by atoms with Gasteiger partial charge in [0.25, 0.3) is 0 Å². The average molecular weight is 262 g/mol. The van der Waals surface area contributed by atoms with Crippen LogP contribution in [0.15, 0.2) is 48.7 Å². The topological polar surface area (TPSA) is 37.0 Å². The molecule has 0 unspecified atom stereocenters. The first-order valence-corrected chi connectivity index (χ1v) is 6.37. The van der Waals surface area contributed by atoms with E-state index < -0.39 is 0 Å². The Morgan fingerprint density at radius 3 is 2.50 bits per heavy atom. The molecule has 18 heavy (non-hydrogen) atoms. The van der Waals surface area contributed by atoms with Crippen LogP contribution < -0.4 is 10.6 Å². The SMILES string of the molecule is Clc1cccnc1NCCCNc1ccccc1. The summed E-state index contributed by atoms with van der Waals surface area (Å²) in [5, 5.41) is 7.23. The minimum Gasteiger partial charge on any atom is -0.385 e. The lowest BCUT2D eigenvalue weighted by Crippen LogP contribution is -2.10. The van der Waals surface area contributed by atoms with Crippen LogP contribution in [0.1, 0.15) is 6.42 Å². The summed E-state index contributed by atoms with van der Waals surface area (Å²) in [5.41, 5.74) is 1.15. The molecule has 0 aliphatic rings. The second-order valence-electron chi connectivity index (χ2n) is 3.91. The third kappa shape index (κ3) is 3.93. The van der Waals surface area contributed by atoms with Crippen LogP contribution in [-0.2, 0) is 0 Å². The molecule has 0 amide bonds. The number of hydrogen-bond donors (Lipinski definition) is 2. The lowest BCUT2D eigenvalue weighted by molar-refractivity contribution is 0.904. The smallest absolute Gasteiger partial charge is 0.144 e. The average Bonchev–Trinajstić information content (AvgIpc) is 2.42. The van der Waals surface area contributed by atoms with Crippen LogP contribution in [0.25, 0.3) is 0 Å². The van der Waals surface area contributed by atoms with E-state index in [0.29, 0.717) is 5.02 Å². The van der Waals surface area contributed by atoms with E-state index in [2.05, 4.69) is 27.8 Å². The zero-order chi connectivity index (χ0) is 12.6. The summed E-state index contributed by atoms with van der Waals surface area (Å²) in [6, 6.07) is 13.8. The largest absolute Gasteiger partial charge is 0.385 e. The maximum atomic E-state index is 5.99. The molecule has 0 aliphatic carbocycles. The molecule has 0 radical (unpaired) electrons. The summed E-state index contributed by atoms with van der Waals surface area (Å²) in [5.74, 6) is 0.749. The van der Waals surface area contributed by atoms with Crippen LogP contribution in [0.5, 0.6) is 0 Å². The molecule has 4 heteroatoms. The number of nitrogens with one attached hydrogen (secondary N) is 2. The Labute approximate surface area is 112 Å². The van der Waals surface area contributed by atoms with Crippen LogP contribution in [-0.4, -0.2) is 18.1 Å². The van der Waals surface area contributed by atoms with E-state index in [9.17, 15) is 0 Å². The van der Waals surface area contributed by atoms with Crippen molar-refractivity contribution < 1.29 is 0 Å². The van der Waals surface area contributed by atoms with Gasteiger partial charge in [-0.2, -0.15) is 0 Å². The maximum absolute atomic E-state index is 5.99. The highest BCUT2D eigenvalue weighted by atomic mass is 35.5. The number of benzene rings is 1. The van der Waals surface area contributed by atoms with Gasteiger partial charge < -0.3 is 10.6 Å². The molecule has 0 saturated carbocycles. The van der Waals surface area contributed by atoms with E-state index >= 15 is 0 Å². The zero-order valence-electron chi connectivity index (χ0n) is 10.1. The van der Waals surface area contributed by atoms with Gasteiger partial charge in [-0.1, -0.05) is 29.8 Å². The van der Waals surface area contributed by atoms with E-state index in [0.717, 1.165) is 31.0 Å². The first-order valence-electron chi connectivity index (χ1n) is 5.99. The molecule has 2 aromatic rings. The lowest BCUT2D eigenvalue weighted by atomic mass is 10.3. The molecule has 2 N–H and O–H groups in total.